The summed E-state index contributed by atoms with van der Waals surface area (Å²) in [5.74, 6) is 0. The Bertz CT molecular complexity index is 3110. The van der Waals surface area contributed by atoms with Crippen LogP contribution in [-0.4, -0.2) is 0 Å². The van der Waals surface area contributed by atoms with Crippen molar-refractivity contribution in [3.8, 4) is 0 Å². The molecule has 0 saturated heterocycles. The number of para-hydroxylation sites is 2. The molecule has 8 aromatic carbocycles. The van der Waals surface area contributed by atoms with Crippen molar-refractivity contribution in [1.29, 1.82) is 0 Å². The number of nitrogens with zero attached hydrogens (tertiary/aromatic N) is 2. The number of rotatable bonds is 6. The van der Waals surface area contributed by atoms with E-state index in [4.69, 9.17) is 4.42 Å². The van der Waals surface area contributed by atoms with Crippen molar-refractivity contribution < 1.29 is 4.42 Å². The van der Waals surface area contributed by atoms with E-state index in [0.29, 0.717) is 0 Å². The van der Waals surface area contributed by atoms with Gasteiger partial charge >= 0.3 is 0 Å². The summed E-state index contributed by atoms with van der Waals surface area (Å²) in [6.45, 7) is 0. The first-order chi connectivity index (χ1) is 26.8. The normalized spacial score (nSPS) is 13.1. The van der Waals surface area contributed by atoms with Crippen molar-refractivity contribution in [2.45, 2.75) is 12.8 Å². The molecule has 1 aliphatic rings. The zero-order valence-electron chi connectivity index (χ0n) is 29.4. The largest absolute Gasteiger partial charge is 0.456 e. The van der Waals surface area contributed by atoms with Crippen LogP contribution >= 0.6 is 11.3 Å². The summed E-state index contributed by atoms with van der Waals surface area (Å²) in [5.41, 5.74) is 8.65. The summed E-state index contributed by atoms with van der Waals surface area (Å²) in [6, 6.07) is 59.4. The van der Waals surface area contributed by atoms with Gasteiger partial charge in [0, 0.05) is 70.5 Å². The lowest BCUT2D eigenvalue weighted by molar-refractivity contribution is 0.669. The predicted molar refractivity (Wildman–Crippen MR) is 231 cm³/mol. The van der Waals surface area contributed by atoms with E-state index in [0.717, 1.165) is 63.2 Å². The van der Waals surface area contributed by atoms with Crippen molar-refractivity contribution in [3.63, 3.8) is 0 Å². The van der Waals surface area contributed by atoms with Crippen LogP contribution in [0.15, 0.2) is 192 Å². The van der Waals surface area contributed by atoms with Gasteiger partial charge in [0.05, 0.1) is 0 Å². The third-order valence-corrected chi connectivity index (χ3v) is 12.1. The monoisotopic (exact) mass is 710 g/mol. The fourth-order valence-corrected chi connectivity index (χ4v) is 9.67. The van der Waals surface area contributed by atoms with Gasteiger partial charge in [-0.2, -0.15) is 0 Å². The highest BCUT2D eigenvalue weighted by atomic mass is 32.1. The molecule has 0 unspecified atom stereocenters. The smallest absolute Gasteiger partial charge is 0.135 e. The summed E-state index contributed by atoms with van der Waals surface area (Å²) < 4.78 is 8.94. The van der Waals surface area contributed by atoms with E-state index >= 15 is 0 Å². The summed E-state index contributed by atoms with van der Waals surface area (Å²) in [6.07, 6.45) is 8.70. The van der Waals surface area contributed by atoms with Gasteiger partial charge in [0.25, 0.3) is 0 Å². The predicted octanol–water partition coefficient (Wildman–Crippen LogP) is 15.1. The minimum Gasteiger partial charge on any atom is -0.456 e. The molecule has 2 heterocycles. The molecule has 0 N–H and O–H groups in total. The van der Waals surface area contributed by atoms with Crippen LogP contribution in [0.2, 0.25) is 0 Å². The fraction of sp³-hybridized carbons (Fsp3) is 0.0400. The van der Waals surface area contributed by atoms with E-state index in [-0.39, 0.29) is 0 Å². The van der Waals surface area contributed by atoms with Crippen molar-refractivity contribution in [3.05, 3.63) is 188 Å². The number of benzene rings is 8. The summed E-state index contributed by atoms with van der Waals surface area (Å²) in [5, 5.41) is 10.0. The first-order valence-electron chi connectivity index (χ1n) is 18.6. The molecule has 1 aliphatic carbocycles. The molecule has 10 aromatic rings. The minimum atomic E-state index is 0.889. The Morgan fingerprint density at radius 1 is 0.444 bits per heavy atom. The first-order valence-corrected chi connectivity index (χ1v) is 19.4. The van der Waals surface area contributed by atoms with E-state index in [1.54, 1.807) is 0 Å². The summed E-state index contributed by atoms with van der Waals surface area (Å²) >= 11 is 1.89. The Morgan fingerprint density at radius 3 is 1.85 bits per heavy atom. The maximum atomic E-state index is 6.28. The van der Waals surface area contributed by atoms with Gasteiger partial charge in [0.2, 0.25) is 0 Å². The first kappa shape index (κ1) is 31.0. The van der Waals surface area contributed by atoms with Gasteiger partial charge in [-0.3, -0.25) is 0 Å². The molecule has 4 heteroatoms. The number of hydrogen-bond donors (Lipinski definition) is 0. The van der Waals surface area contributed by atoms with E-state index in [1.807, 2.05) is 23.5 Å². The maximum Gasteiger partial charge on any atom is 0.135 e. The van der Waals surface area contributed by atoms with E-state index < -0.39 is 0 Å². The number of hydrogen-bond acceptors (Lipinski definition) is 4. The number of thiophene rings is 1. The molecule has 2 aromatic heterocycles. The Morgan fingerprint density at radius 2 is 1.06 bits per heavy atom. The quantitative estimate of drug-likeness (QED) is 0.160. The number of allylic oxidation sites excluding steroid dienone is 4. The van der Waals surface area contributed by atoms with Gasteiger partial charge in [-0.05, 0) is 114 Å². The molecule has 54 heavy (non-hydrogen) atoms. The lowest BCUT2D eigenvalue weighted by Gasteiger charge is -2.30. The van der Waals surface area contributed by atoms with Gasteiger partial charge in [-0.15, -0.1) is 11.3 Å². The number of anilines is 5. The molecule has 0 aliphatic heterocycles. The number of furan rings is 1. The third-order valence-electron chi connectivity index (χ3n) is 10.9. The van der Waals surface area contributed by atoms with Crippen LogP contribution in [-0.2, 0) is 0 Å². The molecule has 0 spiro atoms. The zero-order valence-corrected chi connectivity index (χ0v) is 30.3. The molecular formula is C50H34N2OS. The third kappa shape index (κ3) is 4.95. The van der Waals surface area contributed by atoms with Crippen LogP contribution in [0.3, 0.4) is 0 Å². The highest BCUT2D eigenvalue weighted by Gasteiger charge is 2.21. The Balaban J connectivity index is 1.12. The van der Waals surface area contributed by atoms with Crippen LogP contribution in [0.5, 0.6) is 0 Å². The molecular weight excluding hydrogens is 677 g/mol. The molecule has 0 amide bonds. The van der Waals surface area contributed by atoms with E-state index in [2.05, 4.69) is 180 Å². The van der Waals surface area contributed by atoms with Gasteiger partial charge < -0.3 is 14.2 Å². The average molecular weight is 711 g/mol. The van der Waals surface area contributed by atoms with Crippen LogP contribution in [0.4, 0.5) is 28.4 Å². The van der Waals surface area contributed by atoms with Crippen molar-refractivity contribution in [2.75, 3.05) is 9.80 Å². The Hall–Kier alpha value is -6.62. The number of fused-ring (bicyclic) bond motifs is 11. The molecule has 0 atom stereocenters. The van der Waals surface area contributed by atoms with Crippen LogP contribution in [0, 0.1) is 0 Å². The Kier molecular flexibility index (Phi) is 7.17. The topological polar surface area (TPSA) is 19.6 Å². The van der Waals surface area contributed by atoms with Crippen LogP contribution < -0.4 is 9.80 Å². The fourth-order valence-electron chi connectivity index (χ4n) is 8.42. The van der Waals surface area contributed by atoms with Crippen LogP contribution in [0.25, 0.3) is 63.7 Å². The molecule has 11 rings (SSSR count). The summed E-state index contributed by atoms with van der Waals surface area (Å²) in [4.78, 5) is 4.78. The van der Waals surface area contributed by atoms with Gasteiger partial charge in [0.15, 0.2) is 0 Å². The molecule has 0 radical (unpaired) electrons. The average Bonchev–Trinajstić information content (AvgIpc) is 3.82. The maximum absolute atomic E-state index is 6.28. The lowest BCUT2D eigenvalue weighted by atomic mass is 9.96. The molecule has 3 nitrogen and oxygen atoms in total. The van der Waals surface area contributed by atoms with Gasteiger partial charge in [-0.25, -0.2) is 0 Å². The van der Waals surface area contributed by atoms with E-state index in [1.165, 1.54) is 47.4 Å². The van der Waals surface area contributed by atoms with Crippen molar-refractivity contribution in [1.82, 2.24) is 0 Å². The second kappa shape index (κ2) is 12.5. The molecule has 0 fully saturated rings. The highest BCUT2D eigenvalue weighted by molar-refractivity contribution is 7.27. The van der Waals surface area contributed by atoms with Gasteiger partial charge in [-0.1, -0.05) is 97.1 Å². The standard InChI is InChI=1S/C50H34N2OS/c1-3-13-33(14-4-1)51(34-15-5-2-6-16-34)35-23-25-36(26-24-35)52(38-28-30-47-45(32-38)40-18-9-11-21-46(40)53-47)37-27-29-42-44(31-37)39-17-7-8-19-41(39)49-43-20-10-12-22-48(43)54-50(42)49/h1-5,7-15,17-32H,6,16H2. The Labute approximate surface area is 316 Å². The summed E-state index contributed by atoms with van der Waals surface area (Å²) in [7, 11) is 0. The SMILES string of the molecule is C1=CCCC(N(c2ccccc2)c2ccc(N(c3ccc4oc5ccccc5c4c3)c3ccc4c(c3)c3ccccc3c3c5ccccc5sc43)cc2)=C1. The van der Waals surface area contributed by atoms with Crippen molar-refractivity contribution >= 4 is 103 Å². The van der Waals surface area contributed by atoms with Crippen LogP contribution in [0.1, 0.15) is 12.8 Å². The van der Waals surface area contributed by atoms with Gasteiger partial charge in [0.1, 0.15) is 11.2 Å². The second-order valence-electron chi connectivity index (χ2n) is 14.0. The molecule has 0 saturated carbocycles. The highest BCUT2D eigenvalue weighted by Crippen LogP contribution is 2.47. The lowest BCUT2D eigenvalue weighted by Crippen LogP contribution is -2.17. The minimum absolute atomic E-state index is 0.889. The molecule has 0 bridgehead atoms. The van der Waals surface area contributed by atoms with E-state index in [9.17, 15) is 0 Å². The second-order valence-corrected chi connectivity index (χ2v) is 15.1. The molecule has 256 valence electrons. The zero-order chi connectivity index (χ0) is 35.6. The van der Waals surface area contributed by atoms with Crippen molar-refractivity contribution in [2.24, 2.45) is 0 Å².